The second kappa shape index (κ2) is 48.6. The number of aromatic hydroxyl groups is 2. The second-order valence-corrected chi connectivity index (χ2v) is 27.7. The molecule has 610 valence electrons. The normalized spacial score (nSPS) is 15.4. The van der Waals surface area contributed by atoms with E-state index in [1.165, 1.54) is 69.3 Å². The number of aliphatic hydroxyl groups excluding tert-OH is 2. The number of amides is 13. The lowest BCUT2D eigenvalue weighted by Gasteiger charge is -2.33. The number of nitrogens with two attached hydrogens (primary N) is 9. The lowest BCUT2D eigenvalue weighted by molar-refractivity contribution is -0.142. The predicted octanol–water partition coefficient (Wildman–Crippen LogP) is -10.0. The number of carbonyl (C=O) groups is 14. The van der Waals surface area contributed by atoms with Crippen LogP contribution in [0.5, 0.6) is 11.5 Å². The standard InChI is InChI=1S/C66H110N22O19S2/c1-32(89)49(73)61(103)83-44(28-34-10-14-36(91)15-11-34)59(101)88-51(66(3,4)109)63(105)84-45(30-48(72)93)58(100)78-39(9-7-27-76-65(74)75)52(94)80-43(21-26-71)57(99)87-50(33(2)90)62(104)82-42(20-25-70)55(97)77-38(8-5-6-22-67)53(95)86-47(31-108)60(102)81-40(18-23-68)54(96)79-41(19-24-69)56(98)85-46(64(106)107)29-35-12-16-37(92)17-13-35/h10-17,32-33,38-47,49-51,89-92,108-109H,5-9,18-31,67-71,73H2,1-4H3,(H2,72,93)(H,77,97)(H,78,100)(H,79,96)(H,80,94)(H,81,102)(H,82,104)(H,83,103)(H,84,105)(H,85,98)(H,86,95)(H,87,99)(H,88,101)(H,106,107)(H4,74,75,76)/t32-,33-,38+,39+,40+,41+,42-,43+,44+,45+,46+,47+,49+,50+,51-/m1/s1. The Morgan fingerprint density at radius 3 is 1.13 bits per heavy atom. The number of primary amides is 1. The molecule has 15 atom stereocenters. The fraction of sp³-hybridized carbons (Fsp3) is 0.591. The van der Waals surface area contributed by atoms with Gasteiger partial charge >= 0.3 is 5.97 Å². The van der Waals surface area contributed by atoms with Crippen LogP contribution in [0.2, 0.25) is 0 Å². The summed E-state index contributed by atoms with van der Waals surface area (Å²) in [6.07, 6.45) is -5.48. The third-order valence-electron chi connectivity index (χ3n) is 16.5. The smallest absolute Gasteiger partial charge is 0.326 e. The summed E-state index contributed by atoms with van der Waals surface area (Å²) in [5.74, 6) is -16.1. The molecule has 0 aliphatic rings. The molecule has 0 spiro atoms. The Kier molecular flexibility index (Phi) is 42.5. The quantitative estimate of drug-likeness (QED) is 0.0127. The Bertz CT molecular complexity index is 3390. The Morgan fingerprint density at radius 2 is 0.761 bits per heavy atom. The maximum absolute atomic E-state index is 14.4. The zero-order chi connectivity index (χ0) is 82.4. The van der Waals surface area contributed by atoms with Gasteiger partial charge in [-0.3, -0.25) is 67.3 Å². The van der Waals surface area contributed by atoms with Crippen molar-refractivity contribution in [1.29, 1.82) is 0 Å². The van der Waals surface area contributed by atoms with E-state index in [0.717, 1.165) is 6.92 Å². The Morgan fingerprint density at radius 1 is 0.422 bits per heavy atom. The maximum atomic E-state index is 14.4. The molecule has 2 aromatic rings. The number of phenols is 2. The number of aliphatic carboxylic acids is 1. The van der Waals surface area contributed by atoms with Crippen molar-refractivity contribution in [2.45, 2.75) is 200 Å². The number of phenolic OH excluding ortho intramolecular Hbond substituents is 2. The molecule has 13 amide bonds. The molecule has 43 heteroatoms. The van der Waals surface area contributed by atoms with Gasteiger partial charge in [-0.05, 0) is 154 Å². The summed E-state index contributed by atoms with van der Waals surface area (Å²) in [5.41, 5.74) is 52.4. The molecule has 109 heavy (non-hydrogen) atoms. The van der Waals surface area contributed by atoms with Crippen molar-refractivity contribution in [2.75, 3.05) is 45.0 Å². The van der Waals surface area contributed by atoms with E-state index in [2.05, 4.69) is 94.1 Å². The van der Waals surface area contributed by atoms with Crippen LogP contribution in [0.15, 0.2) is 53.5 Å². The van der Waals surface area contributed by atoms with Crippen molar-refractivity contribution in [3.05, 3.63) is 59.7 Å². The van der Waals surface area contributed by atoms with Gasteiger partial charge in [-0.25, -0.2) is 4.79 Å². The van der Waals surface area contributed by atoms with Crippen molar-refractivity contribution >= 4 is 114 Å². The summed E-state index contributed by atoms with van der Waals surface area (Å²) in [4.78, 5) is 197. The van der Waals surface area contributed by atoms with Crippen molar-refractivity contribution < 1.29 is 92.7 Å². The van der Waals surface area contributed by atoms with Gasteiger partial charge in [-0.15, -0.1) is 0 Å². The van der Waals surface area contributed by atoms with E-state index < -0.39 is 190 Å². The van der Waals surface area contributed by atoms with E-state index in [9.17, 15) is 92.7 Å². The van der Waals surface area contributed by atoms with E-state index in [4.69, 9.17) is 51.6 Å². The number of hydrogen-bond acceptors (Lipinski definition) is 27. The Hall–Kier alpha value is -9.73. The number of benzene rings is 2. The minimum absolute atomic E-state index is 0.0511. The van der Waals surface area contributed by atoms with Crippen molar-refractivity contribution in [2.24, 2.45) is 56.6 Å². The summed E-state index contributed by atoms with van der Waals surface area (Å²) in [6.45, 7) is 4.22. The molecule has 0 bridgehead atoms. The first-order valence-electron chi connectivity index (χ1n) is 35.0. The average Bonchev–Trinajstić information content (AvgIpc) is 0.833. The number of carboxylic acids is 1. The molecule has 0 saturated heterocycles. The topological polar surface area (TPSA) is 731 Å². The molecule has 0 aliphatic heterocycles. The summed E-state index contributed by atoms with van der Waals surface area (Å²) < 4.78 is -1.50. The number of thiol groups is 2. The van der Waals surface area contributed by atoms with Gasteiger partial charge in [0.2, 0.25) is 76.8 Å². The molecule has 0 aliphatic carbocycles. The first-order chi connectivity index (χ1) is 51.2. The molecule has 0 heterocycles. The number of hydrogen-bond donors (Lipinski definition) is 28. The summed E-state index contributed by atoms with van der Waals surface area (Å²) in [5, 5.41) is 79.6. The highest BCUT2D eigenvalue weighted by Crippen LogP contribution is 2.20. The number of unbranched alkanes of at least 4 members (excludes halogenated alkanes) is 1. The lowest BCUT2D eigenvalue weighted by atomic mass is 9.99. The zero-order valence-corrected chi connectivity index (χ0v) is 63.0. The van der Waals surface area contributed by atoms with Crippen LogP contribution in [0.1, 0.15) is 103 Å². The van der Waals surface area contributed by atoms with Crippen LogP contribution < -0.4 is 115 Å². The molecule has 0 fully saturated rings. The van der Waals surface area contributed by atoms with Gasteiger partial charge in [0.05, 0.1) is 18.6 Å². The van der Waals surface area contributed by atoms with Crippen LogP contribution in [-0.4, -0.2) is 255 Å². The van der Waals surface area contributed by atoms with Gasteiger partial charge in [0.15, 0.2) is 5.96 Å². The predicted molar refractivity (Wildman–Crippen MR) is 404 cm³/mol. The first-order valence-corrected chi connectivity index (χ1v) is 36.1. The van der Waals surface area contributed by atoms with Gasteiger partial charge in [0.1, 0.15) is 90.0 Å². The van der Waals surface area contributed by atoms with Crippen LogP contribution >= 0.6 is 25.3 Å². The van der Waals surface area contributed by atoms with Gasteiger partial charge in [0.25, 0.3) is 0 Å². The second-order valence-electron chi connectivity index (χ2n) is 26.2. The fourth-order valence-electron chi connectivity index (χ4n) is 10.4. The minimum Gasteiger partial charge on any atom is -0.508 e. The number of nitrogens with one attached hydrogen (secondary N) is 12. The fourth-order valence-corrected chi connectivity index (χ4v) is 10.8. The molecule has 0 aromatic heterocycles. The summed E-state index contributed by atoms with van der Waals surface area (Å²) in [6, 6.07) is -9.69. The van der Waals surface area contributed by atoms with Crippen LogP contribution in [0.25, 0.3) is 0 Å². The van der Waals surface area contributed by atoms with E-state index >= 15 is 0 Å². The first kappa shape index (κ1) is 95.3. The Labute approximate surface area is 640 Å². The number of carboxylic acid groups (broad SMARTS) is 1. The number of carbonyl (C=O) groups excluding carboxylic acids is 13. The third kappa shape index (κ3) is 34.6. The van der Waals surface area contributed by atoms with E-state index in [0.29, 0.717) is 17.5 Å². The molecule has 35 N–H and O–H groups in total. The van der Waals surface area contributed by atoms with Crippen molar-refractivity contribution in [3.8, 4) is 11.5 Å². The zero-order valence-electron chi connectivity index (χ0n) is 61.2. The van der Waals surface area contributed by atoms with Gasteiger partial charge in [-0.1, -0.05) is 24.3 Å². The molecule has 41 nitrogen and oxygen atoms in total. The molecule has 0 radical (unpaired) electrons. The Balaban J connectivity index is 2.42. The maximum Gasteiger partial charge on any atom is 0.326 e. The number of nitrogens with zero attached hydrogens (tertiary/aromatic N) is 1. The van der Waals surface area contributed by atoms with Gasteiger partial charge < -0.3 is 141 Å². The number of aliphatic imine (C=N–C) groups is 1. The molecular formula is C66H110N22O19S2. The number of rotatable bonds is 51. The lowest BCUT2D eigenvalue weighted by Crippen LogP contribution is -2.64. The van der Waals surface area contributed by atoms with Crippen molar-refractivity contribution in [1.82, 2.24) is 63.8 Å². The van der Waals surface area contributed by atoms with E-state index in [-0.39, 0.29) is 121 Å². The molecule has 0 unspecified atom stereocenters. The van der Waals surface area contributed by atoms with Crippen LogP contribution in [0.3, 0.4) is 0 Å². The summed E-state index contributed by atoms with van der Waals surface area (Å²) in [7, 11) is 0. The highest BCUT2D eigenvalue weighted by molar-refractivity contribution is 7.81. The van der Waals surface area contributed by atoms with E-state index in [1.54, 1.807) is 0 Å². The number of aliphatic hydroxyl groups is 2. The van der Waals surface area contributed by atoms with Crippen molar-refractivity contribution in [3.63, 3.8) is 0 Å². The largest absolute Gasteiger partial charge is 0.508 e. The molecule has 2 aromatic carbocycles. The summed E-state index contributed by atoms with van der Waals surface area (Å²) >= 11 is 8.75. The van der Waals surface area contributed by atoms with Crippen LogP contribution in [-0.2, 0) is 80.0 Å². The van der Waals surface area contributed by atoms with Crippen LogP contribution in [0.4, 0.5) is 0 Å². The molecular weight excluding hydrogens is 1470 g/mol. The van der Waals surface area contributed by atoms with Crippen LogP contribution in [0, 0.1) is 0 Å². The molecule has 2 rings (SSSR count). The highest BCUT2D eigenvalue weighted by Gasteiger charge is 2.41. The monoisotopic (exact) mass is 1580 g/mol. The highest BCUT2D eigenvalue weighted by atomic mass is 32.1. The van der Waals surface area contributed by atoms with E-state index in [1.807, 2.05) is 0 Å². The molecule has 0 saturated carbocycles. The average molecular weight is 1580 g/mol. The van der Waals surface area contributed by atoms with Gasteiger partial charge in [0, 0.05) is 29.9 Å². The van der Waals surface area contributed by atoms with Gasteiger partial charge in [-0.2, -0.15) is 25.3 Å². The third-order valence-corrected chi connectivity index (χ3v) is 17.1. The number of guanidine groups is 1. The SMILES string of the molecule is C[C@@H](O)[C@H](N)C(=O)N[C@@H](Cc1ccc(O)cc1)C(=O)N[C@H](C(=O)N[C@@H](CC(N)=O)C(=O)N[C@@H](CCCN=C(N)N)C(=O)N[C@@H](CCN)C(=O)N[C@H](C(=O)N[C@H](CCN)C(=O)N[C@@H](CCCCN)C(=O)N[C@@H](CS)C(=O)N[C@@H](CCN)C(=O)N[C@@H](CCN)C(=O)N[C@@H](Cc1ccc(O)cc1)C(=O)O)[C@@H](C)O)C(C)(C)S. The minimum atomic E-state index is -1.92.